The summed E-state index contributed by atoms with van der Waals surface area (Å²) in [6, 6.07) is 15.9. The Balaban J connectivity index is 2.21. The quantitative estimate of drug-likeness (QED) is 0.549. The molecule has 0 bridgehead atoms. The van der Waals surface area contributed by atoms with Crippen LogP contribution in [0.4, 0.5) is 4.79 Å². The second-order valence-corrected chi connectivity index (χ2v) is 8.09. The Bertz CT molecular complexity index is 777. The van der Waals surface area contributed by atoms with E-state index in [1.54, 1.807) is 38.1 Å². The fourth-order valence-electron chi connectivity index (χ4n) is 2.44. The van der Waals surface area contributed by atoms with Gasteiger partial charge in [0.1, 0.15) is 6.61 Å². The molecule has 0 fully saturated rings. The number of nitrogens with one attached hydrogen (secondary N) is 1. The Labute approximate surface area is 164 Å². The van der Waals surface area contributed by atoms with E-state index >= 15 is 0 Å². The Morgan fingerprint density at radius 3 is 2.33 bits per heavy atom. The van der Waals surface area contributed by atoms with E-state index < -0.39 is 19.5 Å². The van der Waals surface area contributed by atoms with E-state index in [4.69, 9.17) is 25.4 Å². The number of rotatable bonds is 9. The van der Waals surface area contributed by atoms with E-state index in [-0.39, 0.29) is 19.8 Å². The van der Waals surface area contributed by atoms with Gasteiger partial charge in [-0.25, -0.2) is 4.79 Å². The zero-order valence-electron chi connectivity index (χ0n) is 15.3. The van der Waals surface area contributed by atoms with Crippen LogP contribution in [0.2, 0.25) is 5.02 Å². The topological polar surface area (TPSA) is 73.9 Å². The zero-order chi connectivity index (χ0) is 19.7. The van der Waals surface area contributed by atoms with E-state index in [1.807, 2.05) is 30.3 Å². The van der Waals surface area contributed by atoms with Crippen LogP contribution in [0, 0.1) is 0 Å². The largest absolute Gasteiger partial charge is 0.445 e. The maximum atomic E-state index is 13.3. The predicted octanol–water partition coefficient (Wildman–Crippen LogP) is 5.53. The SMILES string of the molecule is CCOP(=O)(OCC)[C@@H](NC(=O)OCc1ccccc1)c1cccc(Cl)c1. The summed E-state index contributed by atoms with van der Waals surface area (Å²) in [5, 5.41) is 3.05. The van der Waals surface area contributed by atoms with Gasteiger partial charge in [0, 0.05) is 5.02 Å². The molecule has 1 atom stereocenters. The number of hydrogen-bond acceptors (Lipinski definition) is 5. The van der Waals surface area contributed by atoms with Crippen molar-refractivity contribution in [2.24, 2.45) is 0 Å². The van der Waals surface area contributed by atoms with Crippen molar-refractivity contribution in [1.82, 2.24) is 5.32 Å². The van der Waals surface area contributed by atoms with E-state index in [2.05, 4.69) is 5.32 Å². The highest BCUT2D eigenvalue weighted by atomic mass is 35.5. The lowest BCUT2D eigenvalue weighted by Gasteiger charge is -2.27. The molecule has 0 aromatic heterocycles. The van der Waals surface area contributed by atoms with Gasteiger partial charge in [-0.15, -0.1) is 0 Å². The molecule has 6 nitrogen and oxygen atoms in total. The average molecular weight is 412 g/mol. The minimum atomic E-state index is -3.69. The van der Waals surface area contributed by atoms with E-state index in [1.165, 1.54) is 0 Å². The number of halogens is 1. The average Bonchev–Trinajstić information content (AvgIpc) is 2.65. The lowest BCUT2D eigenvalue weighted by molar-refractivity contribution is 0.134. The van der Waals surface area contributed by atoms with Gasteiger partial charge in [-0.3, -0.25) is 4.57 Å². The maximum Gasteiger partial charge on any atom is 0.408 e. The monoisotopic (exact) mass is 411 g/mol. The summed E-state index contributed by atoms with van der Waals surface area (Å²) in [6.07, 6.45) is -0.733. The third-order valence-corrected chi connectivity index (χ3v) is 6.10. The fraction of sp³-hybridized carbons (Fsp3) is 0.316. The Morgan fingerprint density at radius 2 is 1.74 bits per heavy atom. The molecule has 0 aliphatic carbocycles. The van der Waals surface area contributed by atoms with Crippen molar-refractivity contribution in [3.05, 3.63) is 70.7 Å². The second kappa shape index (κ2) is 10.5. The first-order valence-electron chi connectivity index (χ1n) is 8.60. The van der Waals surface area contributed by atoms with Crippen molar-refractivity contribution in [3.63, 3.8) is 0 Å². The molecule has 1 amide bonds. The number of carbonyl (C=O) groups excluding carboxylic acids is 1. The standard InChI is InChI=1S/C19H23ClNO5P/c1-3-25-27(23,26-4-2)18(16-11-8-12-17(20)13-16)21-19(22)24-14-15-9-6-5-7-10-15/h5-13,18H,3-4,14H2,1-2H3,(H,21,22)/t18-/m1/s1. The first-order valence-corrected chi connectivity index (χ1v) is 10.6. The summed E-state index contributed by atoms with van der Waals surface area (Å²) in [4.78, 5) is 12.3. The highest BCUT2D eigenvalue weighted by Crippen LogP contribution is 2.59. The number of amides is 1. The maximum absolute atomic E-state index is 13.3. The number of ether oxygens (including phenoxy) is 1. The van der Waals surface area contributed by atoms with Gasteiger partial charge < -0.3 is 19.1 Å². The molecule has 146 valence electrons. The molecule has 0 saturated heterocycles. The smallest absolute Gasteiger partial charge is 0.408 e. The minimum Gasteiger partial charge on any atom is -0.445 e. The molecule has 27 heavy (non-hydrogen) atoms. The first kappa shape index (κ1) is 21.5. The highest BCUT2D eigenvalue weighted by Gasteiger charge is 2.38. The molecule has 2 rings (SSSR count). The third-order valence-electron chi connectivity index (χ3n) is 3.57. The number of alkyl carbamates (subject to hydrolysis) is 1. The first-order chi connectivity index (χ1) is 13.0. The normalized spacial score (nSPS) is 12.4. The zero-order valence-corrected chi connectivity index (χ0v) is 16.9. The minimum absolute atomic E-state index is 0.0858. The summed E-state index contributed by atoms with van der Waals surface area (Å²) in [5.41, 5.74) is 1.34. The van der Waals surface area contributed by atoms with Crippen molar-refractivity contribution >= 4 is 25.3 Å². The summed E-state index contributed by atoms with van der Waals surface area (Å²) >= 11 is 6.06. The lowest BCUT2D eigenvalue weighted by atomic mass is 10.2. The van der Waals surface area contributed by atoms with Crippen LogP contribution in [0.5, 0.6) is 0 Å². The third kappa shape index (κ3) is 6.36. The Morgan fingerprint density at radius 1 is 1.07 bits per heavy atom. The molecule has 0 radical (unpaired) electrons. The van der Waals surface area contributed by atoms with Gasteiger partial charge in [0.15, 0.2) is 5.78 Å². The van der Waals surface area contributed by atoms with Crippen LogP contribution in [-0.2, 0) is 25.0 Å². The van der Waals surface area contributed by atoms with Crippen molar-refractivity contribution in [2.75, 3.05) is 13.2 Å². The van der Waals surface area contributed by atoms with Gasteiger partial charge in [0.25, 0.3) is 0 Å². The summed E-state index contributed by atoms with van der Waals surface area (Å²) in [7, 11) is -3.69. The van der Waals surface area contributed by atoms with Crippen LogP contribution in [0.25, 0.3) is 0 Å². The lowest BCUT2D eigenvalue weighted by Crippen LogP contribution is -2.30. The summed E-state index contributed by atoms with van der Waals surface area (Å²) < 4.78 is 29.3. The predicted molar refractivity (Wildman–Crippen MR) is 105 cm³/mol. The van der Waals surface area contributed by atoms with Gasteiger partial charge in [-0.2, -0.15) is 0 Å². The van der Waals surface area contributed by atoms with Gasteiger partial charge >= 0.3 is 13.7 Å². The van der Waals surface area contributed by atoms with Crippen LogP contribution in [0.15, 0.2) is 54.6 Å². The number of carbonyl (C=O) groups is 1. The molecule has 0 heterocycles. The summed E-state index contributed by atoms with van der Waals surface area (Å²) in [6.45, 7) is 3.82. The van der Waals surface area contributed by atoms with Gasteiger partial charge in [-0.05, 0) is 37.1 Å². The van der Waals surface area contributed by atoms with Crippen molar-refractivity contribution in [3.8, 4) is 0 Å². The fourth-order valence-corrected chi connectivity index (χ4v) is 4.52. The Hall–Kier alpha value is -1.85. The van der Waals surface area contributed by atoms with E-state index in [9.17, 15) is 9.36 Å². The molecule has 0 unspecified atom stereocenters. The molecular weight excluding hydrogens is 389 g/mol. The molecule has 0 spiro atoms. The highest BCUT2D eigenvalue weighted by molar-refractivity contribution is 7.54. The molecule has 8 heteroatoms. The molecule has 1 N–H and O–H groups in total. The van der Waals surface area contributed by atoms with Crippen molar-refractivity contribution < 1.29 is 23.1 Å². The van der Waals surface area contributed by atoms with Gasteiger partial charge in [0.05, 0.1) is 13.2 Å². The van der Waals surface area contributed by atoms with Crippen LogP contribution >= 0.6 is 19.2 Å². The van der Waals surface area contributed by atoms with Gasteiger partial charge in [0.2, 0.25) is 0 Å². The molecule has 2 aromatic rings. The number of hydrogen-bond donors (Lipinski definition) is 1. The molecular formula is C19H23ClNO5P. The van der Waals surface area contributed by atoms with Gasteiger partial charge in [-0.1, -0.05) is 54.1 Å². The van der Waals surface area contributed by atoms with Crippen LogP contribution < -0.4 is 5.32 Å². The number of benzene rings is 2. The van der Waals surface area contributed by atoms with Crippen LogP contribution in [0.1, 0.15) is 30.8 Å². The van der Waals surface area contributed by atoms with Crippen LogP contribution in [0.3, 0.4) is 0 Å². The Kier molecular flexibility index (Phi) is 8.32. The summed E-state index contributed by atoms with van der Waals surface area (Å²) in [5.74, 6) is -1.04. The van der Waals surface area contributed by atoms with E-state index in [0.29, 0.717) is 10.6 Å². The van der Waals surface area contributed by atoms with Crippen LogP contribution in [-0.4, -0.2) is 19.3 Å². The molecule has 0 aliphatic rings. The molecule has 0 aliphatic heterocycles. The second-order valence-electron chi connectivity index (χ2n) is 5.54. The molecule has 2 aromatic carbocycles. The van der Waals surface area contributed by atoms with Crippen molar-refractivity contribution in [1.29, 1.82) is 0 Å². The molecule has 0 saturated carbocycles. The van der Waals surface area contributed by atoms with E-state index in [0.717, 1.165) is 5.56 Å². The van der Waals surface area contributed by atoms with Crippen molar-refractivity contribution in [2.45, 2.75) is 26.2 Å².